The van der Waals surface area contributed by atoms with Gasteiger partial charge in [-0.15, -0.1) is 11.8 Å². The van der Waals surface area contributed by atoms with E-state index in [4.69, 9.17) is 0 Å². The van der Waals surface area contributed by atoms with Crippen molar-refractivity contribution < 1.29 is 4.79 Å². The third-order valence-electron chi connectivity index (χ3n) is 1.93. The highest BCUT2D eigenvalue weighted by Gasteiger charge is 1.95. The lowest BCUT2D eigenvalue weighted by molar-refractivity contribution is -0.104. The van der Waals surface area contributed by atoms with E-state index in [1.54, 1.807) is 11.8 Å². The lowest BCUT2D eigenvalue weighted by Gasteiger charge is -1.99. The average Bonchev–Trinajstić information content (AvgIpc) is 2.26. The molecule has 0 aliphatic carbocycles. The second-order valence-electron chi connectivity index (χ2n) is 3.35. The first-order valence-electron chi connectivity index (χ1n) is 5.71. The monoisotopic (exact) mass is 246 g/mol. The molecule has 0 amide bonds. The molecule has 0 spiro atoms. The van der Waals surface area contributed by atoms with E-state index in [0.29, 0.717) is 0 Å². The van der Waals surface area contributed by atoms with E-state index in [1.807, 2.05) is 11.8 Å². The van der Waals surface area contributed by atoms with Crippen LogP contribution in [0.5, 0.6) is 0 Å². The fourth-order valence-corrected chi connectivity index (χ4v) is 2.95. The zero-order chi connectivity index (χ0) is 11.4. The summed E-state index contributed by atoms with van der Waals surface area (Å²) in [7, 11) is 0. The Morgan fingerprint density at radius 1 is 1.13 bits per heavy atom. The predicted molar refractivity (Wildman–Crippen MR) is 73.7 cm³/mol. The van der Waals surface area contributed by atoms with Gasteiger partial charge in [-0.05, 0) is 24.3 Å². The molecule has 3 heteroatoms. The van der Waals surface area contributed by atoms with Gasteiger partial charge in [-0.25, -0.2) is 0 Å². The highest BCUT2D eigenvalue weighted by molar-refractivity contribution is 8.04. The molecule has 0 aromatic rings. The summed E-state index contributed by atoms with van der Waals surface area (Å²) >= 11 is 3.60. The van der Waals surface area contributed by atoms with E-state index in [2.05, 4.69) is 19.9 Å². The van der Waals surface area contributed by atoms with Crippen molar-refractivity contribution in [3.63, 3.8) is 0 Å². The van der Waals surface area contributed by atoms with Gasteiger partial charge in [0.2, 0.25) is 0 Å². The fraction of sp³-hybridized carbons (Fsp3) is 0.750. The standard InChI is InChI=1S/C12H22OS2/c1-3-5-8-14-10-7-12(11-13)15-9-6-4-2/h7,11H,3-6,8-10H2,1-2H3. The number of hydrogen-bond donors (Lipinski definition) is 0. The zero-order valence-electron chi connectivity index (χ0n) is 9.83. The number of aldehydes is 1. The molecule has 0 N–H and O–H groups in total. The smallest absolute Gasteiger partial charge is 0.156 e. The summed E-state index contributed by atoms with van der Waals surface area (Å²) in [5.41, 5.74) is 0. The number of allylic oxidation sites excluding steroid dienone is 1. The van der Waals surface area contributed by atoms with Gasteiger partial charge in [-0.3, -0.25) is 4.79 Å². The predicted octanol–water partition coefficient (Wildman–Crippen LogP) is 4.14. The Kier molecular flexibility index (Phi) is 12.3. The van der Waals surface area contributed by atoms with E-state index in [9.17, 15) is 4.79 Å². The molecule has 0 unspecified atom stereocenters. The Hall–Kier alpha value is 0.110. The van der Waals surface area contributed by atoms with Crippen LogP contribution in [-0.4, -0.2) is 23.5 Å². The Morgan fingerprint density at radius 3 is 2.40 bits per heavy atom. The van der Waals surface area contributed by atoms with Gasteiger partial charge in [0.1, 0.15) is 0 Å². The van der Waals surface area contributed by atoms with Gasteiger partial charge in [0.05, 0.1) is 0 Å². The number of carbonyl (C=O) groups excluding carboxylic acids is 1. The van der Waals surface area contributed by atoms with Gasteiger partial charge in [0.25, 0.3) is 0 Å². The van der Waals surface area contributed by atoms with Crippen molar-refractivity contribution in [3.05, 3.63) is 11.0 Å². The van der Waals surface area contributed by atoms with Crippen molar-refractivity contribution in [1.29, 1.82) is 0 Å². The first kappa shape index (κ1) is 15.1. The number of carbonyl (C=O) groups is 1. The number of unbranched alkanes of at least 4 members (excludes halogenated alkanes) is 2. The summed E-state index contributed by atoms with van der Waals surface area (Å²) in [6, 6.07) is 0. The highest BCUT2D eigenvalue weighted by Crippen LogP contribution is 2.16. The summed E-state index contributed by atoms with van der Waals surface area (Å²) in [4.78, 5) is 11.6. The van der Waals surface area contributed by atoms with Crippen LogP contribution in [0.25, 0.3) is 0 Å². The second kappa shape index (κ2) is 12.2. The molecule has 15 heavy (non-hydrogen) atoms. The maximum atomic E-state index is 10.7. The number of thioether (sulfide) groups is 2. The van der Waals surface area contributed by atoms with Crippen molar-refractivity contribution in [3.8, 4) is 0 Å². The minimum atomic E-state index is 0.910. The lowest BCUT2D eigenvalue weighted by atomic mass is 10.4. The van der Waals surface area contributed by atoms with Crippen LogP contribution >= 0.6 is 23.5 Å². The Morgan fingerprint density at radius 2 is 1.80 bits per heavy atom. The topological polar surface area (TPSA) is 17.1 Å². The van der Waals surface area contributed by atoms with E-state index in [0.717, 1.165) is 22.7 Å². The van der Waals surface area contributed by atoms with E-state index < -0.39 is 0 Å². The zero-order valence-corrected chi connectivity index (χ0v) is 11.5. The largest absolute Gasteiger partial charge is 0.297 e. The molecule has 1 nitrogen and oxygen atoms in total. The average molecular weight is 246 g/mol. The normalized spacial score (nSPS) is 11.7. The summed E-state index contributed by atoms with van der Waals surface area (Å²) in [6.07, 6.45) is 7.97. The Labute approximate surface area is 102 Å². The Balaban J connectivity index is 3.55. The van der Waals surface area contributed by atoms with Crippen LogP contribution in [0.1, 0.15) is 39.5 Å². The molecular formula is C12H22OS2. The minimum absolute atomic E-state index is 0.910. The van der Waals surface area contributed by atoms with E-state index >= 15 is 0 Å². The van der Waals surface area contributed by atoms with Crippen molar-refractivity contribution >= 4 is 29.8 Å². The van der Waals surface area contributed by atoms with Crippen LogP contribution in [0.4, 0.5) is 0 Å². The first-order valence-corrected chi connectivity index (χ1v) is 7.85. The highest BCUT2D eigenvalue weighted by atomic mass is 32.2. The van der Waals surface area contributed by atoms with Crippen LogP contribution in [0.2, 0.25) is 0 Å². The van der Waals surface area contributed by atoms with E-state index in [-0.39, 0.29) is 0 Å². The van der Waals surface area contributed by atoms with Gasteiger partial charge in [0, 0.05) is 10.7 Å². The van der Waals surface area contributed by atoms with E-state index in [1.165, 1.54) is 31.4 Å². The quantitative estimate of drug-likeness (QED) is 0.328. The van der Waals surface area contributed by atoms with Gasteiger partial charge < -0.3 is 0 Å². The van der Waals surface area contributed by atoms with Crippen LogP contribution in [0.3, 0.4) is 0 Å². The summed E-state index contributed by atoms with van der Waals surface area (Å²) < 4.78 is 0. The van der Waals surface area contributed by atoms with Crippen molar-refractivity contribution in [1.82, 2.24) is 0 Å². The Bertz CT molecular complexity index is 178. The molecule has 0 aliphatic heterocycles. The molecule has 0 aromatic carbocycles. The molecule has 0 atom stereocenters. The van der Waals surface area contributed by atoms with Gasteiger partial charge in [-0.2, -0.15) is 11.8 Å². The molecule has 0 radical (unpaired) electrons. The number of hydrogen-bond acceptors (Lipinski definition) is 3. The van der Waals surface area contributed by atoms with Crippen LogP contribution in [0.15, 0.2) is 11.0 Å². The molecule has 0 heterocycles. The first-order chi connectivity index (χ1) is 7.35. The maximum absolute atomic E-state index is 10.7. The van der Waals surface area contributed by atoms with Gasteiger partial charge in [-0.1, -0.05) is 32.8 Å². The van der Waals surface area contributed by atoms with Crippen molar-refractivity contribution in [2.45, 2.75) is 39.5 Å². The molecule has 0 bridgehead atoms. The molecule has 88 valence electrons. The fourth-order valence-electron chi connectivity index (χ4n) is 0.946. The third kappa shape index (κ3) is 10.4. The van der Waals surface area contributed by atoms with Crippen molar-refractivity contribution in [2.75, 3.05) is 17.3 Å². The number of rotatable bonds is 10. The maximum Gasteiger partial charge on any atom is 0.156 e. The SMILES string of the molecule is CCCCSCC=C(C=O)SCCCC. The van der Waals surface area contributed by atoms with Gasteiger partial charge in [0.15, 0.2) is 6.29 Å². The molecule has 0 aromatic heterocycles. The third-order valence-corrected chi connectivity index (χ3v) is 4.00. The molecule has 0 saturated carbocycles. The summed E-state index contributed by atoms with van der Waals surface area (Å²) in [5.74, 6) is 3.26. The lowest BCUT2D eigenvalue weighted by Crippen LogP contribution is -1.86. The second-order valence-corrected chi connectivity index (χ2v) is 5.67. The summed E-state index contributed by atoms with van der Waals surface area (Å²) in [6.45, 7) is 4.37. The minimum Gasteiger partial charge on any atom is -0.297 e. The van der Waals surface area contributed by atoms with Crippen LogP contribution in [0, 0.1) is 0 Å². The molecule has 0 fully saturated rings. The van der Waals surface area contributed by atoms with Crippen LogP contribution < -0.4 is 0 Å². The van der Waals surface area contributed by atoms with Gasteiger partial charge >= 0.3 is 0 Å². The molecule has 0 aliphatic rings. The molecular weight excluding hydrogens is 224 g/mol. The summed E-state index contributed by atoms with van der Waals surface area (Å²) in [5, 5.41) is 0. The van der Waals surface area contributed by atoms with Crippen molar-refractivity contribution in [2.24, 2.45) is 0 Å². The molecule has 0 rings (SSSR count). The molecule has 0 saturated heterocycles. The van der Waals surface area contributed by atoms with Crippen LogP contribution in [-0.2, 0) is 4.79 Å².